The second kappa shape index (κ2) is 13.9. The number of hydrogen-bond donors (Lipinski definition) is 4. The predicted octanol–water partition coefficient (Wildman–Crippen LogP) is -2.52. The fourth-order valence-corrected chi connectivity index (χ4v) is 2.11. The van der Waals surface area contributed by atoms with E-state index in [2.05, 4.69) is 21.3 Å². The first-order chi connectivity index (χ1) is 8.00. The van der Waals surface area contributed by atoms with Crippen LogP contribution in [0.2, 0.25) is 0 Å². The summed E-state index contributed by atoms with van der Waals surface area (Å²) in [6.45, 7) is 10.2. The maximum absolute atomic E-state index is 3.52. The molecule has 1 aliphatic heterocycles. The highest BCUT2D eigenvalue weighted by atomic mass is 14.9. The average Bonchev–Trinajstić information content (AvgIpc) is 2.29. The fraction of sp³-hybridized carbons (Fsp3) is 1.00. The summed E-state index contributed by atoms with van der Waals surface area (Å²) in [7, 11) is 0. The molecule has 0 bridgehead atoms. The van der Waals surface area contributed by atoms with E-state index in [9.17, 15) is 0 Å². The molecule has 0 radical (unpaired) electrons. The Hall–Kier alpha value is -0.160. The van der Waals surface area contributed by atoms with Crippen LogP contribution in [0.5, 0.6) is 0 Å². The van der Waals surface area contributed by atoms with E-state index in [0.29, 0.717) is 0 Å². The van der Waals surface area contributed by atoms with Gasteiger partial charge in [0.05, 0.1) is 39.3 Å². The maximum Gasteiger partial charge on any atom is 0.0809 e. The first-order valence-corrected chi connectivity index (χ1v) is 7.16. The summed E-state index contributed by atoms with van der Waals surface area (Å²) in [5.41, 5.74) is 0. The lowest BCUT2D eigenvalue weighted by Crippen LogP contribution is -2.90. The Kier molecular flexibility index (Phi) is 13.8. The summed E-state index contributed by atoms with van der Waals surface area (Å²) in [6, 6.07) is 0. The third-order valence-electron chi connectivity index (χ3n) is 3.16. The van der Waals surface area contributed by atoms with Crippen molar-refractivity contribution in [1.29, 1.82) is 0 Å². The van der Waals surface area contributed by atoms with Gasteiger partial charge in [0.15, 0.2) is 0 Å². The molecule has 0 aromatic heterocycles. The van der Waals surface area contributed by atoms with Crippen molar-refractivity contribution >= 4 is 0 Å². The van der Waals surface area contributed by atoms with Crippen molar-refractivity contribution in [3.63, 3.8) is 0 Å². The third kappa shape index (κ3) is 12.1. The van der Waals surface area contributed by atoms with Crippen LogP contribution in [-0.2, 0) is 0 Å². The molecule has 0 unspecified atom stereocenters. The maximum atomic E-state index is 3.52. The molecule has 0 spiro atoms. The average molecular weight is 247 g/mol. The summed E-state index contributed by atoms with van der Waals surface area (Å²) in [4.78, 5) is 0. The quantitative estimate of drug-likeness (QED) is 0.375. The van der Waals surface area contributed by atoms with E-state index in [1.54, 1.807) is 0 Å². The second-order valence-electron chi connectivity index (χ2n) is 4.76. The molecule has 0 atom stereocenters. The minimum Gasteiger partial charge on any atom is -0.346 e. The lowest BCUT2D eigenvalue weighted by molar-refractivity contribution is -0.690. The fourth-order valence-electron chi connectivity index (χ4n) is 2.11. The van der Waals surface area contributed by atoms with Gasteiger partial charge < -0.3 is 21.3 Å². The van der Waals surface area contributed by atoms with Crippen LogP contribution in [0.4, 0.5) is 0 Å². The van der Waals surface area contributed by atoms with Crippen LogP contribution in [0, 0.1) is 0 Å². The third-order valence-corrected chi connectivity index (χ3v) is 3.16. The normalized spacial score (nSPS) is 22.6. The first-order valence-electron chi connectivity index (χ1n) is 7.16. The number of quaternary nitrogens is 3. The lowest BCUT2D eigenvalue weighted by Gasteiger charge is -2.06. The van der Waals surface area contributed by atoms with Crippen LogP contribution >= 0.6 is 0 Å². The largest absolute Gasteiger partial charge is 0.346 e. The SMILES string of the molecule is C.C1CNCCC[NH2+]CCC[NH2+]CCC[NH2+]C1. The van der Waals surface area contributed by atoms with Crippen LogP contribution < -0.4 is 21.3 Å². The Morgan fingerprint density at radius 2 is 0.882 bits per heavy atom. The van der Waals surface area contributed by atoms with Gasteiger partial charge in [-0.15, -0.1) is 0 Å². The molecule has 0 saturated carbocycles. The molecule has 1 heterocycles. The van der Waals surface area contributed by atoms with Gasteiger partial charge in [0, 0.05) is 38.8 Å². The molecule has 7 N–H and O–H groups in total. The zero-order valence-corrected chi connectivity index (χ0v) is 10.7. The van der Waals surface area contributed by atoms with Crippen molar-refractivity contribution in [2.75, 3.05) is 52.4 Å². The summed E-state index contributed by atoms with van der Waals surface area (Å²) in [5, 5.41) is 10.9. The first kappa shape index (κ1) is 16.8. The van der Waals surface area contributed by atoms with Gasteiger partial charge in [-0.3, -0.25) is 0 Å². The summed E-state index contributed by atoms with van der Waals surface area (Å²) in [5.74, 6) is 0. The van der Waals surface area contributed by atoms with Gasteiger partial charge >= 0.3 is 0 Å². The summed E-state index contributed by atoms with van der Waals surface area (Å²) < 4.78 is 0. The van der Waals surface area contributed by atoms with Crippen molar-refractivity contribution in [3.05, 3.63) is 0 Å². The van der Waals surface area contributed by atoms with Gasteiger partial charge in [0.25, 0.3) is 0 Å². The van der Waals surface area contributed by atoms with Crippen LogP contribution in [0.25, 0.3) is 0 Å². The molecular weight excluding hydrogens is 212 g/mol. The Morgan fingerprint density at radius 1 is 0.529 bits per heavy atom. The molecule has 1 fully saturated rings. The van der Waals surface area contributed by atoms with E-state index in [1.807, 2.05) is 0 Å². The highest BCUT2D eigenvalue weighted by molar-refractivity contribution is 4.46. The molecule has 4 nitrogen and oxygen atoms in total. The van der Waals surface area contributed by atoms with Crippen LogP contribution in [-0.4, -0.2) is 52.4 Å². The van der Waals surface area contributed by atoms with Gasteiger partial charge in [0.2, 0.25) is 0 Å². The molecule has 104 valence electrons. The van der Waals surface area contributed by atoms with Gasteiger partial charge in [-0.2, -0.15) is 0 Å². The number of hydrogen-bond acceptors (Lipinski definition) is 1. The van der Waals surface area contributed by atoms with Crippen molar-refractivity contribution in [3.8, 4) is 0 Å². The van der Waals surface area contributed by atoms with E-state index < -0.39 is 0 Å². The standard InChI is InChI=1S/C12H28N4.CH4/c1-5-13-7-2-9-15-11-4-12-16-10-3-8-14-6-1;/h13-16H,1-12H2;1H4/p+3. The molecule has 0 aromatic rings. The van der Waals surface area contributed by atoms with Crippen molar-refractivity contribution < 1.29 is 16.0 Å². The molecule has 4 heteroatoms. The molecular formula is C13H35N4+3. The second-order valence-corrected chi connectivity index (χ2v) is 4.76. The molecule has 17 heavy (non-hydrogen) atoms. The highest BCUT2D eigenvalue weighted by Gasteiger charge is 1.98. The van der Waals surface area contributed by atoms with Gasteiger partial charge in [0.1, 0.15) is 0 Å². The van der Waals surface area contributed by atoms with Crippen molar-refractivity contribution in [2.24, 2.45) is 0 Å². The molecule has 1 aliphatic rings. The van der Waals surface area contributed by atoms with E-state index in [-0.39, 0.29) is 7.43 Å². The van der Waals surface area contributed by atoms with E-state index in [4.69, 9.17) is 0 Å². The smallest absolute Gasteiger partial charge is 0.0809 e. The minimum atomic E-state index is 0. The Balaban J connectivity index is 0.00000256. The Bertz CT molecular complexity index is 77.4. The van der Waals surface area contributed by atoms with E-state index >= 15 is 0 Å². The van der Waals surface area contributed by atoms with E-state index in [0.717, 1.165) is 0 Å². The van der Waals surface area contributed by atoms with Gasteiger partial charge in [-0.05, 0) is 0 Å². The topological polar surface area (TPSA) is 61.9 Å². The van der Waals surface area contributed by atoms with Crippen LogP contribution in [0.15, 0.2) is 0 Å². The monoisotopic (exact) mass is 247 g/mol. The molecule has 1 saturated heterocycles. The summed E-state index contributed by atoms with van der Waals surface area (Å²) in [6.07, 6.45) is 5.34. The number of nitrogens with two attached hydrogens (primary N) is 3. The molecule has 0 aliphatic carbocycles. The van der Waals surface area contributed by atoms with Gasteiger partial charge in [-0.25, -0.2) is 0 Å². The minimum absolute atomic E-state index is 0. The predicted molar refractivity (Wildman–Crippen MR) is 73.0 cm³/mol. The lowest BCUT2D eigenvalue weighted by atomic mass is 10.3. The van der Waals surface area contributed by atoms with Crippen molar-refractivity contribution in [1.82, 2.24) is 5.32 Å². The Labute approximate surface area is 107 Å². The van der Waals surface area contributed by atoms with Crippen LogP contribution in [0.3, 0.4) is 0 Å². The number of rotatable bonds is 0. The van der Waals surface area contributed by atoms with Crippen molar-refractivity contribution in [2.45, 2.75) is 33.1 Å². The molecule has 0 aromatic carbocycles. The van der Waals surface area contributed by atoms with Crippen LogP contribution in [0.1, 0.15) is 33.1 Å². The number of nitrogens with one attached hydrogen (secondary N) is 1. The van der Waals surface area contributed by atoms with E-state index in [1.165, 1.54) is 78.0 Å². The zero-order chi connectivity index (χ0) is 11.3. The summed E-state index contributed by atoms with van der Waals surface area (Å²) >= 11 is 0. The zero-order valence-electron chi connectivity index (χ0n) is 10.7. The Morgan fingerprint density at radius 3 is 1.29 bits per heavy atom. The molecule has 0 amide bonds. The molecule has 1 rings (SSSR count). The highest BCUT2D eigenvalue weighted by Crippen LogP contribution is 1.73. The van der Waals surface area contributed by atoms with Gasteiger partial charge in [-0.1, -0.05) is 7.43 Å².